The molecule has 19 heavy (non-hydrogen) atoms. The molecule has 1 aliphatic rings. The zero-order valence-corrected chi connectivity index (χ0v) is 11.1. The van der Waals surface area contributed by atoms with Gasteiger partial charge in [0.2, 0.25) is 0 Å². The van der Waals surface area contributed by atoms with Crippen LogP contribution in [0.2, 0.25) is 0 Å². The molecule has 106 valence electrons. The van der Waals surface area contributed by atoms with Crippen LogP contribution in [0.15, 0.2) is 24.3 Å². The SMILES string of the molecule is COc1ccccc1CCN1C[C@@H](O)[C@H](O)[C@@H](O)C1. The summed E-state index contributed by atoms with van der Waals surface area (Å²) in [7, 11) is 1.64. The van der Waals surface area contributed by atoms with E-state index in [0.29, 0.717) is 19.6 Å². The minimum atomic E-state index is -1.04. The van der Waals surface area contributed by atoms with Crippen LogP contribution in [0.1, 0.15) is 5.56 Å². The van der Waals surface area contributed by atoms with Gasteiger partial charge in [0.15, 0.2) is 0 Å². The zero-order valence-electron chi connectivity index (χ0n) is 11.1. The van der Waals surface area contributed by atoms with Crippen LogP contribution in [0, 0.1) is 0 Å². The van der Waals surface area contributed by atoms with Gasteiger partial charge in [0.1, 0.15) is 11.9 Å². The van der Waals surface area contributed by atoms with Crippen molar-refractivity contribution in [2.45, 2.75) is 24.7 Å². The minimum absolute atomic E-state index is 0.382. The Bertz CT molecular complexity index is 400. The Morgan fingerprint density at radius 2 is 1.79 bits per heavy atom. The Balaban J connectivity index is 1.92. The molecule has 1 aliphatic heterocycles. The Hall–Kier alpha value is -1.14. The molecule has 1 aromatic carbocycles. The standard InChI is InChI=1S/C14H21NO4/c1-19-13-5-3-2-4-10(13)6-7-15-8-11(16)14(18)12(17)9-15/h2-5,11-12,14,16-18H,6-9H2,1H3/t11-,12+,14+. The first-order valence-corrected chi connectivity index (χ1v) is 6.50. The number of β-amino-alcohol motifs (C(OH)–C–C–N with tert-alkyl or cyclic N) is 2. The van der Waals surface area contributed by atoms with E-state index < -0.39 is 18.3 Å². The van der Waals surface area contributed by atoms with E-state index >= 15 is 0 Å². The summed E-state index contributed by atoms with van der Waals surface area (Å²) in [6.07, 6.45) is -2.04. The zero-order chi connectivity index (χ0) is 13.8. The third-order valence-electron chi connectivity index (χ3n) is 3.57. The van der Waals surface area contributed by atoms with Crippen LogP contribution in [0.3, 0.4) is 0 Å². The molecule has 1 saturated heterocycles. The summed E-state index contributed by atoms with van der Waals surface area (Å²) in [5.74, 6) is 0.848. The highest BCUT2D eigenvalue weighted by Crippen LogP contribution is 2.19. The predicted octanol–water partition coefficient (Wildman–Crippen LogP) is -0.364. The van der Waals surface area contributed by atoms with Gasteiger partial charge in [0, 0.05) is 19.6 Å². The van der Waals surface area contributed by atoms with E-state index in [-0.39, 0.29) is 0 Å². The fraction of sp³-hybridized carbons (Fsp3) is 0.571. The molecule has 2 rings (SSSR count). The van der Waals surface area contributed by atoms with Gasteiger partial charge >= 0.3 is 0 Å². The number of piperidine rings is 1. The third-order valence-corrected chi connectivity index (χ3v) is 3.57. The topological polar surface area (TPSA) is 73.2 Å². The molecule has 0 aromatic heterocycles. The van der Waals surface area contributed by atoms with Gasteiger partial charge in [-0.25, -0.2) is 0 Å². The monoisotopic (exact) mass is 267 g/mol. The number of aliphatic hydroxyl groups excluding tert-OH is 3. The van der Waals surface area contributed by atoms with Crippen molar-refractivity contribution in [2.24, 2.45) is 0 Å². The summed E-state index contributed by atoms with van der Waals surface area (Å²) >= 11 is 0. The number of benzene rings is 1. The smallest absolute Gasteiger partial charge is 0.122 e. The van der Waals surface area contributed by atoms with E-state index in [1.807, 2.05) is 29.2 Å². The molecule has 1 aromatic rings. The summed E-state index contributed by atoms with van der Waals surface area (Å²) in [5.41, 5.74) is 1.10. The second-order valence-electron chi connectivity index (χ2n) is 4.95. The molecule has 0 saturated carbocycles. The second kappa shape index (κ2) is 6.34. The van der Waals surface area contributed by atoms with E-state index in [1.165, 1.54) is 0 Å². The first-order valence-electron chi connectivity index (χ1n) is 6.50. The molecule has 0 amide bonds. The lowest BCUT2D eigenvalue weighted by molar-refractivity contribution is -0.109. The molecular weight excluding hydrogens is 246 g/mol. The van der Waals surface area contributed by atoms with Crippen molar-refractivity contribution in [1.82, 2.24) is 4.90 Å². The van der Waals surface area contributed by atoms with Crippen LogP contribution in [0.25, 0.3) is 0 Å². The van der Waals surface area contributed by atoms with E-state index in [2.05, 4.69) is 0 Å². The third kappa shape index (κ3) is 3.45. The van der Waals surface area contributed by atoms with E-state index in [9.17, 15) is 15.3 Å². The lowest BCUT2D eigenvalue weighted by Crippen LogP contribution is -2.55. The number of hydrogen-bond donors (Lipinski definition) is 3. The van der Waals surface area contributed by atoms with Crippen LogP contribution in [-0.4, -0.2) is 65.3 Å². The molecule has 0 radical (unpaired) electrons. The number of methoxy groups -OCH3 is 1. The molecular formula is C14H21NO4. The summed E-state index contributed by atoms with van der Waals surface area (Å²) < 4.78 is 5.29. The van der Waals surface area contributed by atoms with Crippen molar-refractivity contribution < 1.29 is 20.1 Å². The number of likely N-dealkylation sites (tertiary alicyclic amines) is 1. The molecule has 5 nitrogen and oxygen atoms in total. The highest BCUT2D eigenvalue weighted by atomic mass is 16.5. The van der Waals surface area contributed by atoms with Gasteiger partial charge in [-0.3, -0.25) is 4.90 Å². The number of para-hydroxylation sites is 1. The summed E-state index contributed by atoms with van der Waals surface area (Å²) in [6.45, 7) is 1.47. The highest BCUT2D eigenvalue weighted by molar-refractivity contribution is 5.33. The molecule has 1 heterocycles. The Labute approximate surface area is 113 Å². The van der Waals surface area contributed by atoms with E-state index in [1.54, 1.807) is 7.11 Å². The summed E-state index contributed by atoms with van der Waals surface area (Å²) in [6, 6.07) is 7.80. The largest absolute Gasteiger partial charge is 0.496 e. The first kappa shape index (κ1) is 14.3. The van der Waals surface area contributed by atoms with Crippen molar-refractivity contribution in [2.75, 3.05) is 26.7 Å². The molecule has 3 atom stereocenters. The van der Waals surface area contributed by atoms with Crippen molar-refractivity contribution in [3.8, 4) is 5.75 Å². The Morgan fingerprint density at radius 1 is 1.16 bits per heavy atom. The van der Waals surface area contributed by atoms with Gasteiger partial charge in [-0.15, -0.1) is 0 Å². The van der Waals surface area contributed by atoms with E-state index in [4.69, 9.17) is 4.74 Å². The number of aliphatic hydroxyl groups is 3. The fourth-order valence-corrected chi connectivity index (χ4v) is 2.45. The average Bonchev–Trinajstić information content (AvgIpc) is 2.42. The van der Waals surface area contributed by atoms with Gasteiger partial charge in [-0.1, -0.05) is 18.2 Å². The van der Waals surface area contributed by atoms with Crippen LogP contribution in [0.4, 0.5) is 0 Å². The first-order chi connectivity index (χ1) is 9.11. The van der Waals surface area contributed by atoms with Crippen molar-refractivity contribution in [1.29, 1.82) is 0 Å². The van der Waals surface area contributed by atoms with Crippen LogP contribution >= 0.6 is 0 Å². The summed E-state index contributed by atoms with van der Waals surface area (Å²) in [4.78, 5) is 1.95. The van der Waals surface area contributed by atoms with Gasteiger partial charge in [0.05, 0.1) is 19.3 Å². The lowest BCUT2D eigenvalue weighted by atomic mass is 10.0. The molecule has 1 fully saturated rings. The molecule has 5 heteroatoms. The number of nitrogens with zero attached hydrogens (tertiary/aromatic N) is 1. The molecule has 0 spiro atoms. The Morgan fingerprint density at radius 3 is 2.42 bits per heavy atom. The summed E-state index contributed by atoms with van der Waals surface area (Å²) in [5, 5.41) is 28.8. The quantitative estimate of drug-likeness (QED) is 0.694. The van der Waals surface area contributed by atoms with Crippen molar-refractivity contribution in [3.05, 3.63) is 29.8 Å². The molecule has 3 N–H and O–H groups in total. The number of rotatable bonds is 4. The maximum Gasteiger partial charge on any atom is 0.122 e. The lowest BCUT2D eigenvalue weighted by Gasteiger charge is -2.36. The molecule has 0 bridgehead atoms. The normalized spacial score (nSPS) is 28.3. The number of ether oxygens (including phenoxy) is 1. The van der Waals surface area contributed by atoms with Crippen LogP contribution < -0.4 is 4.74 Å². The fourth-order valence-electron chi connectivity index (χ4n) is 2.45. The highest BCUT2D eigenvalue weighted by Gasteiger charge is 2.32. The number of hydrogen-bond acceptors (Lipinski definition) is 5. The van der Waals surface area contributed by atoms with Crippen molar-refractivity contribution in [3.63, 3.8) is 0 Å². The minimum Gasteiger partial charge on any atom is -0.496 e. The maximum absolute atomic E-state index is 9.64. The Kier molecular flexibility index (Phi) is 4.76. The van der Waals surface area contributed by atoms with Crippen molar-refractivity contribution >= 4 is 0 Å². The average molecular weight is 267 g/mol. The molecule has 0 unspecified atom stereocenters. The predicted molar refractivity (Wildman–Crippen MR) is 71.2 cm³/mol. The second-order valence-corrected chi connectivity index (χ2v) is 4.95. The van der Waals surface area contributed by atoms with E-state index in [0.717, 1.165) is 17.7 Å². The van der Waals surface area contributed by atoms with Gasteiger partial charge in [0.25, 0.3) is 0 Å². The van der Waals surface area contributed by atoms with Gasteiger partial charge in [-0.2, -0.15) is 0 Å². The maximum atomic E-state index is 9.64. The molecule has 0 aliphatic carbocycles. The van der Waals surface area contributed by atoms with Gasteiger partial charge in [-0.05, 0) is 18.1 Å². The van der Waals surface area contributed by atoms with Gasteiger partial charge < -0.3 is 20.1 Å². The van der Waals surface area contributed by atoms with Crippen LogP contribution in [-0.2, 0) is 6.42 Å². The van der Waals surface area contributed by atoms with Crippen LogP contribution in [0.5, 0.6) is 5.75 Å².